The van der Waals surface area contributed by atoms with Crippen molar-refractivity contribution in [3.63, 3.8) is 0 Å². The van der Waals surface area contributed by atoms with Gasteiger partial charge in [0.15, 0.2) is 12.4 Å². The Labute approximate surface area is 165 Å². The lowest BCUT2D eigenvalue weighted by Gasteiger charge is -2.07. The Morgan fingerprint density at radius 1 is 1.07 bits per heavy atom. The summed E-state index contributed by atoms with van der Waals surface area (Å²) in [6.45, 7) is 2.22. The van der Waals surface area contributed by atoms with Crippen LogP contribution in [0.1, 0.15) is 5.56 Å². The Balaban J connectivity index is 1.41. The molecule has 138 valence electrons. The first-order chi connectivity index (χ1) is 13.7. The topological polar surface area (TPSA) is 70.1 Å². The summed E-state index contributed by atoms with van der Waals surface area (Å²) in [5.41, 5.74) is 3.27. The molecule has 7 nitrogen and oxygen atoms in total. The van der Waals surface area contributed by atoms with E-state index in [0.717, 1.165) is 27.9 Å². The average molecular weight is 391 g/mol. The lowest BCUT2D eigenvalue weighted by molar-refractivity contribution is 0.221. The SMILES string of the molecule is Cc1cc(OCn2ccc(-c3nc4c5ccccc5ncn4n3)n2)ccc1Cl. The smallest absolute Gasteiger partial charge is 0.202 e. The first-order valence-corrected chi connectivity index (χ1v) is 9.08. The maximum absolute atomic E-state index is 6.05. The number of ether oxygens (including phenoxy) is 1. The minimum absolute atomic E-state index is 0.277. The Morgan fingerprint density at radius 2 is 1.96 bits per heavy atom. The molecule has 0 aliphatic heterocycles. The molecule has 0 aliphatic carbocycles. The summed E-state index contributed by atoms with van der Waals surface area (Å²) >= 11 is 6.05. The van der Waals surface area contributed by atoms with Crippen molar-refractivity contribution in [1.82, 2.24) is 29.4 Å². The fourth-order valence-electron chi connectivity index (χ4n) is 2.99. The quantitative estimate of drug-likeness (QED) is 0.461. The number of halogens is 1. The normalized spacial score (nSPS) is 11.4. The third-order valence-corrected chi connectivity index (χ3v) is 4.87. The van der Waals surface area contributed by atoms with E-state index in [-0.39, 0.29) is 6.73 Å². The Morgan fingerprint density at radius 3 is 2.86 bits per heavy atom. The number of hydrogen-bond donors (Lipinski definition) is 0. The summed E-state index contributed by atoms with van der Waals surface area (Å²) < 4.78 is 9.15. The first kappa shape index (κ1) is 16.7. The van der Waals surface area contributed by atoms with Crippen molar-refractivity contribution < 1.29 is 4.74 Å². The van der Waals surface area contributed by atoms with Crippen LogP contribution in [0, 0.1) is 6.92 Å². The molecule has 0 N–H and O–H groups in total. The number of benzene rings is 2. The van der Waals surface area contributed by atoms with Crippen LogP contribution in [0.2, 0.25) is 5.02 Å². The van der Waals surface area contributed by atoms with E-state index >= 15 is 0 Å². The second kappa shape index (κ2) is 6.61. The molecule has 0 amide bonds. The molecular formula is C20H15ClN6O. The standard InChI is InChI=1S/C20H15ClN6O/c1-13-10-14(6-7-16(13)21)28-12-26-9-8-18(24-26)19-23-20-15-4-2-3-5-17(15)22-11-27(20)25-19/h2-11H,12H2,1H3. The van der Waals surface area contributed by atoms with Crippen molar-refractivity contribution in [2.24, 2.45) is 0 Å². The molecular weight excluding hydrogens is 376 g/mol. The van der Waals surface area contributed by atoms with Gasteiger partial charge < -0.3 is 4.74 Å². The molecule has 0 spiro atoms. The molecule has 0 aliphatic rings. The zero-order valence-electron chi connectivity index (χ0n) is 15.0. The first-order valence-electron chi connectivity index (χ1n) is 8.70. The fraction of sp³-hybridized carbons (Fsp3) is 0.100. The summed E-state index contributed by atoms with van der Waals surface area (Å²) in [6.07, 6.45) is 3.50. The molecule has 3 aromatic heterocycles. The molecule has 0 unspecified atom stereocenters. The second-order valence-corrected chi connectivity index (χ2v) is 6.80. The zero-order chi connectivity index (χ0) is 19.1. The highest BCUT2D eigenvalue weighted by atomic mass is 35.5. The molecule has 0 atom stereocenters. The summed E-state index contributed by atoms with van der Waals surface area (Å²) in [7, 11) is 0. The molecule has 0 bridgehead atoms. The maximum atomic E-state index is 6.05. The molecule has 2 aromatic carbocycles. The number of hydrogen-bond acceptors (Lipinski definition) is 5. The van der Waals surface area contributed by atoms with E-state index < -0.39 is 0 Å². The van der Waals surface area contributed by atoms with Gasteiger partial charge in [0.25, 0.3) is 0 Å². The van der Waals surface area contributed by atoms with E-state index in [1.54, 1.807) is 15.5 Å². The predicted molar refractivity (Wildman–Crippen MR) is 106 cm³/mol. The highest BCUT2D eigenvalue weighted by Gasteiger charge is 2.12. The fourth-order valence-corrected chi connectivity index (χ4v) is 3.11. The minimum atomic E-state index is 0.277. The summed E-state index contributed by atoms with van der Waals surface area (Å²) in [6, 6.07) is 15.3. The van der Waals surface area contributed by atoms with Gasteiger partial charge in [-0.05, 0) is 48.9 Å². The van der Waals surface area contributed by atoms with Gasteiger partial charge in [0.05, 0.1) is 5.52 Å². The van der Waals surface area contributed by atoms with Crippen molar-refractivity contribution in [3.05, 3.63) is 71.6 Å². The van der Waals surface area contributed by atoms with Crippen LogP contribution in [-0.4, -0.2) is 29.4 Å². The number of aryl methyl sites for hydroxylation is 1. The van der Waals surface area contributed by atoms with Gasteiger partial charge >= 0.3 is 0 Å². The molecule has 0 radical (unpaired) electrons. The van der Waals surface area contributed by atoms with E-state index in [0.29, 0.717) is 16.5 Å². The van der Waals surface area contributed by atoms with Crippen LogP contribution >= 0.6 is 11.6 Å². The molecule has 0 saturated carbocycles. The van der Waals surface area contributed by atoms with Crippen molar-refractivity contribution in [2.45, 2.75) is 13.7 Å². The van der Waals surface area contributed by atoms with Gasteiger partial charge in [0, 0.05) is 16.6 Å². The highest BCUT2D eigenvalue weighted by Crippen LogP contribution is 2.22. The molecule has 8 heteroatoms. The van der Waals surface area contributed by atoms with Crippen molar-refractivity contribution in [2.75, 3.05) is 0 Å². The molecule has 3 heterocycles. The van der Waals surface area contributed by atoms with Crippen molar-refractivity contribution in [3.8, 4) is 17.3 Å². The zero-order valence-corrected chi connectivity index (χ0v) is 15.7. The predicted octanol–water partition coefficient (Wildman–Crippen LogP) is 4.14. The van der Waals surface area contributed by atoms with E-state index in [1.807, 2.05) is 61.7 Å². The Kier molecular flexibility index (Phi) is 3.95. The molecule has 28 heavy (non-hydrogen) atoms. The summed E-state index contributed by atoms with van der Waals surface area (Å²) in [5, 5.41) is 10.7. The number of rotatable bonds is 4. The van der Waals surface area contributed by atoms with Crippen molar-refractivity contribution in [1.29, 1.82) is 0 Å². The molecule has 5 rings (SSSR count). The van der Waals surface area contributed by atoms with Gasteiger partial charge in [0.1, 0.15) is 17.8 Å². The lowest BCUT2D eigenvalue weighted by Crippen LogP contribution is -2.06. The third kappa shape index (κ3) is 2.95. The summed E-state index contributed by atoms with van der Waals surface area (Å²) in [4.78, 5) is 9.05. The molecule has 5 aromatic rings. The van der Waals surface area contributed by atoms with E-state index in [2.05, 4.69) is 20.2 Å². The van der Waals surface area contributed by atoms with Gasteiger partial charge in [-0.15, -0.1) is 5.10 Å². The van der Waals surface area contributed by atoms with Crippen LogP contribution in [0.25, 0.3) is 28.1 Å². The molecule has 0 saturated heterocycles. The maximum Gasteiger partial charge on any atom is 0.202 e. The number of nitrogens with zero attached hydrogens (tertiary/aromatic N) is 6. The Hall–Kier alpha value is -3.45. The van der Waals surface area contributed by atoms with Gasteiger partial charge in [0.2, 0.25) is 5.82 Å². The van der Waals surface area contributed by atoms with E-state index in [1.165, 1.54) is 0 Å². The van der Waals surface area contributed by atoms with Gasteiger partial charge in [-0.3, -0.25) is 0 Å². The van der Waals surface area contributed by atoms with Gasteiger partial charge in [-0.2, -0.15) is 5.10 Å². The van der Waals surface area contributed by atoms with Gasteiger partial charge in [-0.25, -0.2) is 19.2 Å². The summed E-state index contributed by atoms with van der Waals surface area (Å²) in [5.74, 6) is 1.28. The van der Waals surface area contributed by atoms with Crippen LogP contribution in [0.15, 0.2) is 61.1 Å². The molecule has 0 fully saturated rings. The minimum Gasteiger partial charge on any atom is -0.471 e. The number of para-hydroxylation sites is 1. The van der Waals surface area contributed by atoms with Crippen LogP contribution < -0.4 is 4.74 Å². The van der Waals surface area contributed by atoms with Crippen LogP contribution in [0.3, 0.4) is 0 Å². The van der Waals surface area contributed by atoms with E-state index in [4.69, 9.17) is 16.3 Å². The second-order valence-electron chi connectivity index (χ2n) is 6.39. The number of fused-ring (bicyclic) bond motifs is 3. The van der Waals surface area contributed by atoms with E-state index in [9.17, 15) is 0 Å². The van der Waals surface area contributed by atoms with Crippen LogP contribution in [0.4, 0.5) is 0 Å². The van der Waals surface area contributed by atoms with Crippen LogP contribution in [-0.2, 0) is 6.73 Å². The highest BCUT2D eigenvalue weighted by molar-refractivity contribution is 6.31. The Bertz CT molecular complexity index is 1310. The lowest BCUT2D eigenvalue weighted by atomic mass is 10.2. The number of aromatic nitrogens is 6. The van der Waals surface area contributed by atoms with Crippen molar-refractivity contribution >= 4 is 28.2 Å². The largest absolute Gasteiger partial charge is 0.471 e. The third-order valence-electron chi connectivity index (χ3n) is 4.45. The monoisotopic (exact) mass is 390 g/mol. The van der Waals surface area contributed by atoms with Gasteiger partial charge in [-0.1, -0.05) is 23.7 Å². The average Bonchev–Trinajstić information content (AvgIpc) is 3.35. The van der Waals surface area contributed by atoms with Crippen LogP contribution in [0.5, 0.6) is 5.75 Å².